The Balaban J connectivity index is 1.93. The van der Waals surface area contributed by atoms with E-state index in [2.05, 4.69) is 5.32 Å². The Morgan fingerprint density at radius 1 is 1.02 bits per heavy atom. The van der Waals surface area contributed by atoms with E-state index in [0.717, 1.165) is 6.42 Å². The van der Waals surface area contributed by atoms with Gasteiger partial charge in [0.2, 0.25) is 0 Å². The molecule has 2 saturated heterocycles. The highest BCUT2D eigenvalue weighted by Gasteiger charge is 2.52. The number of likely N-dealkylation sites (N-methyl/N-ethyl adjacent to an activating group) is 1. The molecule has 2 fully saturated rings. The molecule has 340 valence electrons. The van der Waals surface area contributed by atoms with Crippen molar-refractivity contribution in [3.8, 4) is 0 Å². The van der Waals surface area contributed by atoms with Gasteiger partial charge in [-0.15, -0.1) is 0 Å². The number of carbonyl (C=O) groups is 2. The van der Waals surface area contributed by atoms with Crippen molar-refractivity contribution in [1.82, 2.24) is 10.2 Å². The molecule has 59 heavy (non-hydrogen) atoms. The standard InChI is InChI=1S/C44H76N2O13/c1-27(2)24-36(50)57-42-31(6)55-37(26-44(42,7)52)58-40-30(5)56-43(39(51)38(40)46(8)9)59-41-32(20-22-45-21-14-15-23-47)25-28(3)33(48)17-13-11-12-16-29(4)54-35(49)19-18-34(41)53-10/h11-13,17-19,27-34,37-43,45,47-48,51-52H,14-16,20-26H2,1-10H3/b12-11+,17-13+,19-18+/t28-,29-,30-,31+,32+,33+,34+,37+,38-,39-,40-,41+,42+,43+,44-/m1/s1. The van der Waals surface area contributed by atoms with Crippen molar-refractivity contribution in [3.63, 3.8) is 0 Å². The molecule has 3 aliphatic heterocycles. The summed E-state index contributed by atoms with van der Waals surface area (Å²) in [6.45, 7) is 14.2. The number of nitrogens with one attached hydrogen (secondary N) is 1. The molecule has 3 aliphatic rings. The van der Waals surface area contributed by atoms with Crippen LogP contribution in [-0.2, 0) is 42.7 Å². The summed E-state index contributed by atoms with van der Waals surface area (Å²) in [7, 11) is 5.17. The van der Waals surface area contributed by atoms with Crippen molar-refractivity contribution < 1.29 is 63.2 Å². The highest BCUT2D eigenvalue weighted by molar-refractivity contribution is 5.82. The number of unbranched alkanes of at least 4 members (excludes halogenated alkanes) is 1. The van der Waals surface area contributed by atoms with Crippen molar-refractivity contribution in [2.45, 2.75) is 173 Å². The van der Waals surface area contributed by atoms with E-state index in [4.69, 9.17) is 33.2 Å². The first-order valence-electron chi connectivity index (χ1n) is 21.5. The molecule has 15 heteroatoms. The van der Waals surface area contributed by atoms with Crippen LogP contribution in [0.2, 0.25) is 0 Å². The molecule has 3 rings (SSSR count). The first-order chi connectivity index (χ1) is 27.9. The second kappa shape index (κ2) is 25.0. The van der Waals surface area contributed by atoms with Gasteiger partial charge in [0.15, 0.2) is 18.7 Å². The van der Waals surface area contributed by atoms with Gasteiger partial charge in [-0.2, -0.15) is 0 Å². The zero-order valence-corrected chi connectivity index (χ0v) is 37.1. The number of rotatable bonds is 16. The predicted octanol–water partition coefficient (Wildman–Crippen LogP) is 3.41. The highest BCUT2D eigenvalue weighted by atomic mass is 16.7. The van der Waals surface area contributed by atoms with Gasteiger partial charge in [0, 0.05) is 39.1 Å². The first-order valence-corrected chi connectivity index (χ1v) is 21.5. The minimum atomic E-state index is -1.46. The lowest BCUT2D eigenvalue weighted by Gasteiger charge is -2.50. The zero-order valence-electron chi connectivity index (χ0n) is 37.1. The quantitative estimate of drug-likeness (QED) is 0.112. The molecule has 0 bridgehead atoms. The summed E-state index contributed by atoms with van der Waals surface area (Å²) in [5.41, 5.74) is -1.46. The molecule has 0 aromatic rings. The molecule has 3 heterocycles. The van der Waals surface area contributed by atoms with Crippen LogP contribution >= 0.6 is 0 Å². The van der Waals surface area contributed by atoms with E-state index in [1.54, 1.807) is 39.0 Å². The minimum absolute atomic E-state index is 0.00667. The molecule has 0 spiro atoms. The van der Waals surface area contributed by atoms with Gasteiger partial charge in [0.25, 0.3) is 0 Å². The van der Waals surface area contributed by atoms with Gasteiger partial charge >= 0.3 is 11.9 Å². The Hall–Kier alpha value is -2.28. The van der Waals surface area contributed by atoms with Crippen molar-refractivity contribution in [2.75, 3.05) is 40.9 Å². The zero-order chi connectivity index (χ0) is 43.9. The SMILES string of the molecule is CO[C@H]1/C=C/C(=O)O[C@H](C)C/C=C/C=C/[C@H](O)[C@H](C)C[C@H](CCNCCCCO)[C@@H]1O[C@@H]1O[C@H](C)[C@@H](O[C@H]2C[C@@](C)(O)[C@@H](OC(=O)CC(C)C)[C@H](C)O2)[C@H](N(C)C)[C@H]1O. The number of hydrogen-bond donors (Lipinski definition) is 5. The van der Waals surface area contributed by atoms with E-state index in [9.17, 15) is 30.0 Å². The van der Waals surface area contributed by atoms with Gasteiger partial charge in [0.1, 0.15) is 30.0 Å². The van der Waals surface area contributed by atoms with Crippen molar-refractivity contribution in [1.29, 1.82) is 0 Å². The van der Waals surface area contributed by atoms with Crippen molar-refractivity contribution in [2.24, 2.45) is 17.8 Å². The van der Waals surface area contributed by atoms with Crippen LogP contribution in [0.1, 0.15) is 93.4 Å². The largest absolute Gasteiger partial charge is 0.459 e. The number of aliphatic hydroxyl groups is 4. The molecule has 0 saturated carbocycles. The molecular weight excluding hydrogens is 764 g/mol. The van der Waals surface area contributed by atoms with Gasteiger partial charge in [-0.05, 0) is 104 Å². The molecule has 15 nitrogen and oxygen atoms in total. The molecule has 5 N–H and O–H groups in total. The Morgan fingerprint density at radius 3 is 2.39 bits per heavy atom. The third kappa shape index (κ3) is 16.2. The highest BCUT2D eigenvalue weighted by Crippen LogP contribution is 2.37. The average molecular weight is 841 g/mol. The second-order valence-electron chi connectivity index (χ2n) is 17.5. The van der Waals surface area contributed by atoms with E-state index in [0.29, 0.717) is 38.8 Å². The lowest BCUT2D eigenvalue weighted by Crippen LogP contribution is -2.65. The summed E-state index contributed by atoms with van der Waals surface area (Å²) >= 11 is 0. The fraction of sp³-hybridized carbons (Fsp3) is 0.818. The number of ether oxygens (including phenoxy) is 7. The molecule has 15 atom stereocenters. The minimum Gasteiger partial charge on any atom is -0.459 e. The smallest absolute Gasteiger partial charge is 0.330 e. The van der Waals surface area contributed by atoms with Crippen molar-refractivity contribution in [3.05, 3.63) is 36.5 Å². The maximum absolute atomic E-state index is 13.0. The summed E-state index contributed by atoms with van der Waals surface area (Å²) < 4.78 is 43.3. The van der Waals surface area contributed by atoms with Gasteiger partial charge < -0.3 is 63.8 Å². The molecule has 0 aromatic carbocycles. The van der Waals surface area contributed by atoms with Gasteiger partial charge in [-0.3, -0.25) is 4.79 Å². The summed E-state index contributed by atoms with van der Waals surface area (Å²) in [5.74, 6) is -1.33. The van der Waals surface area contributed by atoms with Gasteiger partial charge in [0.05, 0.1) is 30.5 Å². The topological polar surface area (TPSA) is 195 Å². The van der Waals surface area contributed by atoms with Crippen LogP contribution in [0.25, 0.3) is 0 Å². The number of aliphatic hydroxyl groups excluding tert-OH is 3. The maximum atomic E-state index is 13.0. The number of esters is 2. The number of carbonyl (C=O) groups excluding carboxylic acids is 2. The molecule has 0 unspecified atom stereocenters. The number of nitrogens with zero attached hydrogens (tertiary/aromatic N) is 1. The van der Waals surface area contributed by atoms with Crippen LogP contribution in [0.15, 0.2) is 36.5 Å². The van der Waals surface area contributed by atoms with Crippen LogP contribution in [0.4, 0.5) is 0 Å². The predicted molar refractivity (Wildman–Crippen MR) is 222 cm³/mol. The van der Waals surface area contributed by atoms with Crippen LogP contribution in [-0.4, -0.2) is 157 Å². The molecule has 0 radical (unpaired) electrons. The van der Waals surface area contributed by atoms with Crippen molar-refractivity contribution >= 4 is 11.9 Å². The molecule has 0 aromatic heterocycles. The normalized spacial score (nSPS) is 39.4. The first kappa shape index (κ1) is 51.1. The lowest BCUT2D eigenvalue weighted by molar-refractivity contribution is -0.342. The van der Waals surface area contributed by atoms with E-state index >= 15 is 0 Å². The number of methoxy groups -OCH3 is 1. The summed E-state index contributed by atoms with van der Waals surface area (Å²) in [6.07, 6.45) is 4.48. The Kier molecular flexibility index (Phi) is 21.6. The number of allylic oxidation sites excluding steroid dienone is 2. The molecule has 0 aliphatic carbocycles. The lowest BCUT2D eigenvalue weighted by atomic mass is 9.83. The van der Waals surface area contributed by atoms with Crippen LogP contribution < -0.4 is 5.32 Å². The number of cyclic esters (lactones) is 1. The molecular formula is C44H76N2O13. The van der Waals surface area contributed by atoms with E-state index in [-0.39, 0.29) is 37.2 Å². The third-order valence-corrected chi connectivity index (χ3v) is 11.3. The van der Waals surface area contributed by atoms with Crippen LogP contribution in [0.5, 0.6) is 0 Å². The van der Waals surface area contributed by atoms with Crippen LogP contribution in [0, 0.1) is 17.8 Å². The summed E-state index contributed by atoms with van der Waals surface area (Å²) in [4.78, 5) is 27.3. The van der Waals surface area contributed by atoms with Gasteiger partial charge in [-0.1, -0.05) is 45.1 Å². The Bertz CT molecular complexity index is 1340. The van der Waals surface area contributed by atoms with E-state index in [1.807, 2.05) is 58.8 Å². The fourth-order valence-corrected chi connectivity index (χ4v) is 8.14. The van der Waals surface area contributed by atoms with E-state index < -0.39 is 91.1 Å². The third-order valence-electron chi connectivity index (χ3n) is 11.3. The Morgan fingerprint density at radius 2 is 1.75 bits per heavy atom. The summed E-state index contributed by atoms with van der Waals surface area (Å²) in [6, 6.07) is -0.668. The maximum Gasteiger partial charge on any atom is 0.330 e. The average Bonchev–Trinajstić information content (AvgIpc) is 3.14. The summed E-state index contributed by atoms with van der Waals surface area (Å²) in [5, 5.41) is 47.5. The van der Waals surface area contributed by atoms with Gasteiger partial charge in [-0.25, -0.2) is 4.79 Å². The Labute approximate surface area is 352 Å². The number of hydrogen-bond acceptors (Lipinski definition) is 15. The second-order valence-corrected chi connectivity index (χ2v) is 17.5. The van der Waals surface area contributed by atoms with Crippen LogP contribution in [0.3, 0.4) is 0 Å². The molecule has 0 amide bonds. The monoisotopic (exact) mass is 841 g/mol. The fourth-order valence-electron chi connectivity index (χ4n) is 8.14. The van der Waals surface area contributed by atoms with E-state index in [1.165, 1.54) is 13.2 Å².